The first kappa shape index (κ1) is 18.1. The summed E-state index contributed by atoms with van der Waals surface area (Å²) < 4.78 is 27.3. The van der Waals surface area contributed by atoms with Gasteiger partial charge in [-0.3, -0.25) is 10.1 Å². The number of rotatable bonds is 6. The number of piperidine rings is 1. The highest BCUT2D eigenvalue weighted by molar-refractivity contribution is 7.89. The van der Waals surface area contributed by atoms with Crippen LogP contribution in [0.1, 0.15) is 24.8 Å². The van der Waals surface area contributed by atoms with Crippen molar-refractivity contribution < 1.29 is 13.3 Å². The molecule has 1 aromatic rings. The number of halogens is 1. The Labute approximate surface area is 140 Å². The predicted molar refractivity (Wildman–Crippen MR) is 88.2 cm³/mol. The number of nitrogens with zero attached hydrogens (tertiary/aromatic N) is 1. The molecule has 23 heavy (non-hydrogen) atoms. The lowest BCUT2D eigenvalue weighted by atomic mass is 9.96. The van der Waals surface area contributed by atoms with Gasteiger partial charge in [-0.15, -0.1) is 0 Å². The van der Waals surface area contributed by atoms with Gasteiger partial charge in [0.15, 0.2) is 0 Å². The molecule has 1 fully saturated rings. The second kappa shape index (κ2) is 7.57. The summed E-state index contributed by atoms with van der Waals surface area (Å²) in [4.78, 5) is 10.1. The molecule has 1 heterocycles. The van der Waals surface area contributed by atoms with E-state index in [9.17, 15) is 18.5 Å². The quantitative estimate of drug-likeness (QED) is 0.597. The van der Waals surface area contributed by atoms with Gasteiger partial charge < -0.3 is 5.32 Å². The smallest absolute Gasteiger partial charge is 0.289 e. The first-order valence-corrected chi connectivity index (χ1v) is 9.32. The molecule has 0 aromatic heterocycles. The molecule has 1 aromatic carbocycles. The molecule has 1 aliphatic heterocycles. The van der Waals surface area contributed by atoms with Crippen LogP contribution < -0.4 is 10.0 Å². The van der Waals surface area contributed by atoms with Gasteiger partial charge in [0.05, 0.1) is 4.92 Å². The van der Waals surface area contributed by atoms with Crippen molar-refractivity contribution in [3.8, 4) is 0 Å². The fourth-order valence-electron chi connectivity index (χ4n) is 2.69. The van der Waals surface area contributed by atoms with Crippen LogP contribution >= 0.6 is 11.6 Å². The fraction of sp³-hybridized carbons (Fsp3) is 0.571. The Morgan fingerprint density at radius 1 is 1.48 bits per heavy atom. The van der Waals surface area contributed by atoms with E-state index in [-0.39, 0.29) is 16.5 Å². The third-order valence-electron chi connectivity index (χ3n) is 3.89. The number of nitro groups is 1. The molecule has 0 aliphatic carbocycles. The summed E-state index contributed by atoms with van der Waals surface area (Å²) in [5.74, 6) is 0.439. The minimum Gasteiger partial charge on any atom is -0.316 e. The lowest BCUT2D eigenvalue weighted by Crippen LogP contribution is -2.33. The number of hydrogen-bond acceptors (Lipinski definition) is 5. The Hall–Kier alpha value is -1.22. The van der Waals surface area contributed by atoms with Gasteiger partial charge in [-0.05, 0) is 56.8 Å². The molecule has 7 nitrogen and oxygen atoms in total. The first-order valence-electron chi connectivity index (χ1n) is 7.46. The first-order chi connectivity index (χ1) is 10.8. The largest absolute Gasteiger partial charge is 0.316 e. The molecule has 0 bridgehead atoms. The van der Waals surface area contributed by atoms with Crippen LogP contribution in [0.3, 0.4) is 0 Å². The van der Waals surface area contributed by atoms with E-state index in [1.165, 1.54) is 12.1 Å². The van der Waals surface area contributed by atoms with Crippen LogP contribution in [0.2, 0.25) is 5.02 Å². The lowest BCUT2D eigenvalue weighted by Gasteiger charge is -2.22. The molecule has 2 rings (SSSR count). The molecule has 9 heteroatoms. The maximum atomic E-state index is 12.4. The Morgan fingerprint density at radius 3 is 2.83 bits per heavy atom. The van der Waals surface area contributed by atoms with Crippen LogP contribution in [0.25, 0.3) is 0 Å². The maximum absolute atomic E-state index is 12.4. The average molecular weight is 362 g/mol. The van der Waals surface area contributed by atoms with Gasteiger partial charge in [0.1, 0.15) is 9.92 Å². The predicted octanol–water partition coefficient (Wildman–Crippen LogP) is 2.22. The van der Waals surface area contributed by atoms with E-state index in [1.807, 2.05) is 0 Å². The molecule has 0 amide bonds. The van der Waals surface area contributed by atoms with Crippen molar-refractivity contribution in [2.24, 2.45) is 5.92 Å². The van der Waals surface area contributed by atoms with Gasteiger partial charge in [-0.25, -0.2) is 13.1 Å². The molecular formula is C14H20ClN3O4S. The third kappa shape index (κ3) is 4.63. The maximum Gasteiger partial charge on any atom is 0.289 e. The minimum absolute atomic E-state index is 0.243. The topological polar surface area (TPSA) is 101 Å². The van der Waals surface area contributed by atoms with Crippen molar-refractivity contribution in [1.82, 2.24) is 10.0 Å². The summed E-state index contributed by atoms with van der Waals surface area (Å²) >= 11 is 5.92. The third-order valence-corrected chi connectivity index (χ3v) is 5.89. The Kier molecular flexibility index (Phi) is 5.96. The number of nitro benzene ring substituents is 1. The van der Waals surface area contributed by atoms with Crippen LogP contribution in [-0.4, -0.2) is 33.0 Å². The van der Waals surface area contributed by atoms with Crippen LogP contribution in [0, 0.1) is 23.0 Å². The number of benzene rings is 1. The van der Waals surface area contributed by atoms with E-state index < -0.39 is 20.6 Å². The van der Waals surface area contributed by atoms with Gasteiger partial charge in [-0.1, -0.05) is 11.6 Å². The van der Waals surface area contributed by atoms with Gasteiger partial charge >= 0.3 is 0 Å². The van der Waals surface area contributed by atoms with Crippen molar-refractivity contribution in [2.45, 2.75) is 31.1 Å². The second-order valence-corrected chi connectivity index (χ2v) is 7.87. The number of sulfonamides is 1. The Balaban J connectivity index is 2.11. The van der Waals surface area contributed by atoms with Crippen molar-refractivity contribution in [3.05, 3.63) is 32.8 Å². The van der Waals surface area contributed by atoms with Crippen molar-refractivity contribution in [2.75, 3.05) is 19.6 Å². The second-order valence-electron chi connectivity index (χ2n) is 5.75. The molecule has 1 unspecified atom stereocenters. The fourth-order valence-corrected chi connectivity index (χ4v) is 4.40. The summed E-state index contributed by atoms with van der Waals surface area (Å²) in [6.45, 7) is 3.77. The Morgan fingerprint density at radius 2 is 2.22 bits per heavy atom. The molecule has 0 spiro atoms. The molecule has 0 saturated carbocycles. The molecule has 2 N–H and O–H groups in total. The molecule has 1 atom stereocenters. The van der Waals surface area contributed by atoms with E-state index in [2.05, 4.69) is 10.0 Å². The van der Waals surface area contributed by atoms with Gasteiger partial charge in [0.2, 0.25) is 10.0 Å². The van der Waals surface area contributed by atoms with Crippen molar-refractivity contribution in [3.63, 3.8) is 0 Å². The molecule has 1 saturated heterocycles. The van der Waals surface area contributed by atoms with E-state index in [0.29, 0.717) is 11.5 Å². The Bertz CT molecular complexity index is 688. The molecule has 1 aliphatic rings. The van der Waals surface area contributed by atoms with E-state index in [0.717, 1.165) is 32.4 Å². The van der Waals surface area contributed by atoms with Crippen molar-refractivity contribution >= 4 is 27.3 Å². The highest BCUT2D eigenvalue weighted by Crippen LogP contribution is 2.32. The van der Waals surface area contributed by atoms with E-state index in [4.69, 9.17) is 11.6 Å². The van der Waals surface area contributed by atoms with Crippen LogP contribution in [0.5, 0.6) is 0 Å². The van der Waals surface area contributed by atoms with Crippen LogP contribution in [-0.2, 0) is 10.0 Å². The van der Waals surface area contributed by atoms with Crippen molar-refractivity contribution in [1.29, 1.82) is 0 Å². The SMILES string of the molecule is Cc1cc([N+](=O)[O-])c(Cl)c(S(=O)(=O)NCCC2CCCNC2)c1. The van der Waals surface area contributed by atoms with Gasteiger partial charge in [-0.2, -0.15) is 0 Å². The summed E-state index contributed by atoms with van der Waals surface area (Å²) in [5, 5.41) is 13.9. The lowest BCUT2D eigenvalue weighted by molar-refractivity contribution is -0.385. The monoisotopic (exact) mass is 361 g/mol. The highest BCUT2D eigenvalue weighted by Gasteiger charge is 2.25. The zero-order chi connectivity index (χ0) is 17.0. The standard InChI is InChI=1S/C14H20ClN3O4S/c1-10-7-12(18(19)20)14(15)13(8-10)23(21,22)17-6-4-11-3-2-5-16-9-11/h7-8,11,16-17H,2-6,9H2,1H3. The highest BCUT2D eigenvalue weighted by atomic mass is 35.5. The summed E-state index contributed by atoms with van der Waals surface area (Å²) in [5.41, 5.74) is 0.0708. The number of hydrogen-bond donors (Lipinski definition) is 2. The zero-order valence-electron chi connectivity index (χ0n) is 12.8. The molecular weight excluding hydrogens is 342 g/mol. The zero-order valence-corrected chi connectivity index (χ0v) is 14.4. The minimum atomic E-state index is -3.88. The summed E-state index contributed by atoms with van der Waals surface area (Å²) in [7, 11) is -3.88. The molecule has 128 valence electrons. The van der Waals surface area contributed by atoms with Gasteiger partial charge in [0.25, 0.3) is 5.69 Å². The van der Waals surface area contributed by atoms with E-state index in [1.54, 1.807) is 6.92 Å². The van der Waals surface area contributed by atoms with Crippen LogP contribution in [0.15, 0.2) is 17.0 Å². The number of nitrogens with one attached hydrogen (secondary N) is 2. The van der Waals surface area contributed by atoms with Crippen LogP contribution in [0.4, 0.5) is 5.69 Å². The van der Waals surface area contributed by atoms with Gasteiger partial charge in [0, 0.05) is 12.6 Å². The summed E-state index contributed by atoms with van der Waals surface area (Å²) in [6, 6.07) is 2.61. The van der Waals surface area contributed by atoms with E-state index >= 15 is 0 Å². The molecule has 0 radical (unpaired) electrons. The summed E-state index contributed by atoms with van der Waals surface area (Å²) in [6.07, 6.45) is 2.89. The normalized spacial score (nSPS) is 18.8. The number of aryl methyl sites for hydroxylation is 1. The average Bonchev–Trinajstić information content (AvgIpc) is 2.49.